The van der Waals surface area contributed by atoms with E-state index in [0.29, 0.717) is 6.04 Å². The lowest BCUT2D eigenvalue weighted by atomic mass is 9.83. The molecule has 0 saturated carbocycles. The maximum absolute atomic E-state index is 3.85. The molecule has 17 heavy (non-hydrogen) atoms. The topological polar surface area (TPSA) is 15.3 Å². The monoisotopic (exact) mass is 250 g/mol. The lowest BCUT2D eigenvalue weighted by Crippen LogP contribution is -2.57. The van der Waals surface area contributed by atoms with Gasteiger partial charge >= 0.3 is 0 Å². The van der Waals surface area contributed by atoms with E-state index in [-0.39, 0.29) is 0 Å². The molecule has 3 aliphatic rings. The Morgan fingerprint density at radius 2 is 2.29 bits per heavy atom. The molecule has 0 aliphatic carbocycles. The molecule has 1 aromatic heterocycles. The van der Waals surface area contributed by atoms with Crippen LogP contribution in [0.4, 0.5) is 0 Å². The van der Waals surface area contributed by atoms with Crippen molar-refractivity contribution in [3.05, 3.63) is 22.4 Å². The average molecular weight is 250 g/mol. The van der Waals surface area contributed by atoms with Crippen LogP contribution in [-0.2, 0) is 6.42 Å². The van der Waals surface area contributed by atoms with Crippen molar-refractivity contribution in [2.24, 2.45) is 5.92 Å². The molecule has 2 bridgehead atoms. The van der Waals surface area contributed by atoms with Crippen LogP contribution in [-0.4, -0.2) is 36.6 Å². The van der Waals surface area contributed by atoms with Crippen LogP contribution >= 0.6 is 11.3 Å². The Kier molecular flexibility index (Phi) is 3.50. The highest BCUT2D eigenvalue weighted by Gasteiger charge is 2.34. The second-order valence-corrected chi connectivity index (χ2v) is 6.63. The van der Waals surface area contributed by atoms with E-state index in [1.54, 1.807) is 0 Å². The van der Waals surface area contributed by atoms with E-state index in [1.807, 2.05) is 11.3 Å². The quantitative estimate of drug-likeness (QED) is 0.882. The highest BCUT2D eigenvalue weighted by atomic mass is 32.1. The Morgan fingerprint density at radius 1 is 1.47 bits per heavy atom. The van der Waals surface area contributed by atoms with Crippen molar-refractivity contribution < 1.29 is 0 Å². The highest BCUT2D eigenvalue weighted by molar-refractivity contribution is 7.09. The molecule has 2 atom stereocenters. The largest absolute Gasteiger partial charge is 0.310 e. The standard InChI is InChI=1S/C14H22N2S/c1-11(9-13-3-2-8-17-13)15-14-10-16-6-4-12(14)5-7-16/h2-3,8,11-12,14-15H,4-7,9-10H2,1H3. The fourth-order valence-corrected chi connectivity index (χ4v) is 4.14. The van der Waals surface area contributed by atoms with Gasteiger partial charge in [0.15, 0.2) is 0 Å². The van der Waals surface area contributed by atoms with Gasteiger partial charge in [-0.25, -0.2) is 0 Å². The Balaban J connectivity index is 1.53. The zero-order chi connectivity index (χ0) is 11.7. The highest BCUT2D eigenvalue weighted by Crippen LogP contribution is 2.28. The third-order valence-corrected chi connectivity index (χ3v) is 5.14. The molecule has 2 nitrogen and oxygen atoms in total. The number of nitrogens with zero attached hydrogens (tertiary/aromatic N) is 1. The molecule has 3 heteroatoms. The molecule has 94 valence electrons. The van der Waals surface area contributed by atoms with Gasteiger partial charge in [0.25, 0.3) is 0 Å². The van der Waals surface area contributed by atoms with E-state index < -0.39 is 0 Å². The molecule has 0 amide bonds. The lowest BCUT2D eigenvalue weighted by molar-refractivity contribution is 0.0681. The number of thiophene rings is 1. The summed E-state index contributed by atoms with van der Waals surface area (Å²) in [6.07, 6.45) is 3.99. The van der Waals surface area contributed by atoms with E-state index >= 15 is 0 Å². The van der Waals surface area contributed by atoms with Gasteiger partial charge in [-0.1, -0.05) is 6.07 Å². The van der Waals surface area contributed by atoms with E-state index in [0.717, 1.165) is 12.0 Å². The molecule has 2 unspecified atom stereocenters. The first-order valence-corrected chi connectivity index (χ1v) is 7.70. The van der Waals surface area contributed by atoms with Crippen LogP contribution in [0.15, 0.2) is 17.5 Å². The number of fused-ring (bicyclic) bond motifs is 3. The minimum absolute atomic E-state index is 0.610. The summed E-state index contributed by atoms with van der Waals surface area (Å²) in [5.41, 5.74) is 0. The molecule has 4 rings (SSSR count). The van der Waals surface area contributed by atoms with Crippen molar-refractivity contribution in [3.8, 4) is 0 Å². The molecule has 3 aliphatic heterocycles. The van der Waals surface area contributed by atoms with Crippen LogP contribution in [0.1, 0.15) is 24.6 Å². The van der Waals surface area contributed by atoms with Gasteiger partial charge in [0, 0.05) is 23.5 Å². The lowest BCUT2D eigenvalue weighted by Gasteiger charge is -2.46. The average Bonchev–Trinajstić information content (AvgIpc) is 2.83. The maximum atomic E-state index is 3.85. The molecule has 3 fully saturated rings. The molecule has 1 aromatic rings. The van der Waals surface area contributed by atoms with Gasteiger partial charge in [-0.15, -0.1) is 11.3 Å². The van der Waals surface area contributed by atoms with Crippen LogP contribution < -0.4 is 5.32 Å². The van der Waals surface area contributed by atoms with E-state index in [2.05, 4.69) is 34.7 Å². The number of hydrogen-bond acceptors (Lipinski definition) is 3. The SMILES string of the molecule is CC(Cc1cccs1)NC1CN2CCC1CC2. The molecule has 0 radical (unpaired) electrons. The van der Waals surface area contributed by atoms with Crippen LogP contribution in [0, 0.1) is 5.92 Å². The first-order valence-electron chi connectivity index (χ1n) is 6.82. The summed E-state index contributed by atoms with van der Waals surface area (Å²) < 4.78 is 0. The minimum Gasteiger partial charge on any atom is -0.310 e. The van der Waals surface area contributed by atoms with Crippen LogP contribution in [0.5, 0.6) is 0 Å². The summed E-state index contributed by atoms with van der Waals surface area (Å²) >= 11 is 1.88. The molecular weight excluding hydrogens is 228 g/mol. The van der Waals surface area contributed by atoms with Crippen LogP contribution in [0.2, 0.25) is 0 Å². The van der Waals surface area contributed by atoms with Gasteiger partial charge in [-0.3, -0.25) is 0 Å². The molecular formula is C14H22N2S. The van der Waals surface area contributed by atoms with E-state index in [9.17, 15) is 0 Å². The van der Waals surface area contributed by atoms with Crippen molar-refractivity contribution in [3.63, 3.8) is 0 Å². The molecule has 0 aromatic carbocycles. The third kappa shape index (κ3) is 2.72. The number of hydrogen-bond donors (Lipinski definition) is 1. The maximum Gasteiger partial charge on any atom is 0.0226 e. The van der Waals surface area contributed by atoms with Crippen LogP contribution in [0.3, 0.4) is 0 Å². The molecule has 1 N–H and O–H groups in total. The second kappa shape index (κ2) is 5.09. The van der Waals surface area contributed by atoms with Crippen molar-refractivity contribution in [2.45, 2.75) is 38.3 Å². The zero-order valence-corrected chi connectivity index (χ0v) is 11.4. The predicted molar refractivity (Wildman–Crippen MR) is 73.6 cm³/mol. The fraction of sp³-hybridized carbons (Fsp3) is 0.714. The van der Waals surface area contributed by atoms with Gasteiger partial charge in [0.1, 0.15) is 0 Å². The first-order chi connectivity index (χ1) is 8.31. The number of piperidine rings is 3. The Morgan fingerprint density at radius 3 is 2.88 bits per heavy atom. The van der Waals surface area contributed by atoms with Gasteiger partial charge in [-0.2, -0.15) is 0 Å². The fourth-order valence-electron chi connectivity index (χ4n) is 3.31. The zero-order valence-electron chi connectivity index (χ0n) is 10.6. The predicted octanol–water partition coefficient (Wildman–Crippen LogP) is 2.36. The number of nitrogens with one attached hydrogen (secondary N) is 1. The second-order valence-electron chi connectivity index (χ2n) is 5.60. The van der Waals surface area contributed by atoms with Crippen molar-refractivity contribution in [1.29, 1.82) is 0 Å². The van der Waals surface area contributed by atoms with Gasteiger partial charge in [-0.05, 0) is 56.6 Å². The van der Waals surface area contributed by atoms with Gasteiger partial charge in [0.05, 0.1) is 0 Å². The summed E-state index contributed by atoms with van der Waals surface area (Å²) in [5.74, 6) is 0.936. The summed E-state index contributed by atoms with van der Waals surface area (Å²) in [7, 11) is 0. The molecule has 3 saturated heterocycles. The smallest absolute Gasteiger partial charge is 0.0226 e. The van der Waals surface area contributed by atoms with E-state index in [4.69, 9.17) is 0 Å². The Labute approximate surface area is 108 Å². The summed E-state index contributed by atoms with van der Waals surface area (Å²) in [5, 5.41) is 6.03. The van der Waals surface area contributed by atoms with Crippen molar-refractivity contribution >= 4 is 11.3 Å². The van der Waals surface area contributed by atoms with Crippen LogP contribution in [0.25, 0.3) is 0 Å². The Hall–Kier alpha value is -0.380. The van der Waals surface area contributed by atoms with Crippen molar-refractivity contribution in [2.75, 3.05) is 19.6 Å². The minimum atomic E-state index is 0.610. The first kappa shape index (κ1) is 11.7. The van der Waals surface area contributed by atoms with E-state index in [1.165, 1.54) is 43.8 Å². The molecule has 0 spiro atoms. The summed E-state index contributed by atoms with van der Waals surface area (Å²) in [4.78, 5) is 4.13. The summed E-state index contributed by atoms with van der Waals surface area (Å²) in [6.45, 7) is 6.28. The summed E-state index contributed by atoms with van der Waals surface area (Å²) in [6, 6.07) is 5.76. The Bertz CT molecular complexity index is 341. The van der Waals surface area contributed by atoms with Gasteiger partial charge in [0.2, 0.25) is 0 Å². The van der Waals surface area contributed by atoms with Crippen molar-refractivity contribution in [1.82, 2.24) is 10.2 Å². The number of rotatable bonds is 4. The third-order valence-electron chi connectivity index (χ3n) is 4.24. The van der Waals surface area contributed by atoms with Gasteiger partial charge < -0.3 is 10.2 Å². The molecule has 4 heterocycles. The normalized spacial score (nSPS) is 33.8.